The van der Waals surface area contributed by atoms with Crippen LogP contribution in [0.1, 0.15) is 17.5 Å². The number of carbonyl (C=O) groups is 2. The Morgan fingerprint density at radius 1 is 1.00 bits per heavy atom. The van der Waals surface area contributed by atoms with Gasteiger partial charge in [-0.15, -0.1) is 0 Å². The zero-order valence-electron chi connectivity index (χ0n) is 19.8. The molecule has 184 valence electrons. The number of anilines is 2. The van der Waals surface area contributed by atoms with E-state index in [-0.39, 0.29) is 24.4 Å². The number of sulfonamides is 1. The summed E-state index contributed by atoms with van der Waals surface area (Å²) in [4.78, 5) is 28.6. The average molecular weight is 497 g/mol. The molecule has 1 heterocycles. The Morgan fingerprint density at radius 3 is 2.37 bits per heavy atom. The molecule has 35 heavy (non-hydrogen) atoms. The van der Waals surface area contributed by atoms with E-state index in [1.165, 1.54) is 17.6 Å². The van der Waals surface area contributed by atoms with Crippen LogP contribution in [0.25, 0.3) is 0 Å². The molecule has 2 aromatic carbocycles. The summed E-state index contributed by atoms with van der Waals surface area (Å²) in [5.74, 6) is -0.295. The zero-order chi connectivity index (χ0) is 25.4. The molecule has 2 N–H and O–H groups in total. The minimum atomic E-state index is -3.95. The number of benzene rings is 2. The number of hydrogen-bond acceptors (Lipinski definition) is 6. The van der Waals surface area contributed by atoms with Crippen molar-refractivity contribution in [2.24, 2.45) is 0 Å². The maximum Gasteiger partial charge on any atom is 0.264 e. The van der Waals surface area contributed by atoms with E-state index < -0.39 is 21.8 Å². The third-order valence-electron chi connectivity index (χ3n) is 5.36. The number of amides is 2. The summed E-state index contributed by atoms with van der Waals surface area (Å²) in [5.41, 5.74) is 2.73. The smallest absolute Gasteiger partial charge is 0.264 e. The summed E-state index contributed by atoms with van der Waals surface area (Å²) in [5, 5.41) is 5.14. The number of methoxy groups -OCH3 is 1. The molecule has 0 saturated heterocycles. The van der Waals surface area contributed by atoms with Gasteiger partial charge in [0.1, 0.15) is 5.75 Å². The largest absolute Gasteiger partial charge is 0.497 e. The van der Waals surface area contributed by atoms with Gasteiger partial charge in [-0.3, -0.25) is 18.9 Å². The SMILES string of the molecule is COc1ccc(N(CCC(=O)NCC(=O)Nc2cccnc2)S(=O)(=O)c2ccc(C)c(C)c2)cc1. The highest BCUT2D eigenvalue weighted by atomic mass is 32.2. The van der Waals surface area contributed by atoms with Crippen molar-refractivity contribution in [3.05, 3.63) is 78.1 Å². The molecule has 0 unspecified atom stereocenters. The molecule has 10 heteroatoms. The van der Waals surface area contributed by atoms with Gasteiger partial charge in [0.25, 0.3) is 10.0 Å². The van der Waals surface area contributed by atoms with Crippen LogP contribution in [-0.4, -0.2) is 45.4 Å². The number of aryl methyl sites for hydroxylation is 2. The topological polar surface area (TPSA) is 118 Å². The zero-order valence-corrected chi connectivity index (χ0v) is 20.6. The van der Waals surface area contributed by atoms with E-state index in [1.807, 2.05) is 13.8 Å². The molecule has 2 amide bonds. The van der Waals surface area contributed by atoms with Crippen LogP contribution < -0.4 is 19.7 Å². The summed E-state index contributed by atoms with van der Waals surface area (Å²) in [6.07, 6.45) is 2.93. The van der Waals surface area contributed by atoms with Gasteiger partial charge >= 0.3 is 0 Å². The maximum absolute atomic E-state index is 13.5. The summed E-state index contributed by atoms with van der Waals surface area (Å²) in [6.45, 7) is 3.38. The second kappa shape index (κ2) is 11.5. The number of nitrogens with zero attached hydrogens (tertiary/aromatic N) is 2. The van der Waals surface area contributed by atoms with Crippen molar-refractivity contribution in [2.45, 2.75) is 25.2 Å². The van der Waals surface area contributed by atoms with Gasteiger partial charge in [0.05, 0.1) is 36.1 Å². The number of aromatic nitrogens is 1. The summed E-state index contributed by atoms with van der Waals surface area (Å²) in [6, 6.07) is 14.8. The Labute approximate surface area is 205 Å². The molecule has 0 aliphatic carbocycles. The number of rotatable bonds is 10. The fraction of sp³-hybridized carbons (Fsp3) is 0.240. The van der Waals surface area contributed by atoms with Crippen molar-refractivity contribution in [3.63, 3.8) is 0 Å². The standard InChI is InChI=1S/C25H28N4O5S/c1-18-6-11-23(15-19(18)2)35(32,33)29(21-7-9-22(34-3)10-8-21)14-12-24(30)27-17-25(31)28-20-5-4-13-26-16-20/h4-11,13,15-16H,12,14,17H2,1-3H3,(H,27,30)(H,28,31). The predicted molar refractivity (Wildman–Crippen MR) is 134 cm³/mol. The molecule has 0 bridgehead atoms. The molecule has 1 aromatic heterocycles. The number of hydrogen-bond donors (Lipinski definition) is 2. The van der Waals surface area contributed by atoms with Crippen LogP contribution >= 0.6 is 0 Å². The summed E-state index contributed by atoms with van der Waals surface area (Å²) < 4.78 is 33.4. The van der Waals surface area contributed by atoms with E-state index >= 15 is 0 Å². The van der Waals surface area contributed by atoms with Crippen molar-refractivity contribution in [2.75, 3.05) is 29.8 Å². The van der Waals surface area contributed by atoms with Gasteiger partial charge in [0.15, 0.2) is 0 Å². The maximum atomic E-state index is 13.5. The van der Waals surface area contributed by atoms with E-state index in [0.717, 1.165) is 11.1 Å². The van der Waals surface area contributed by atoms with E-state index in [2.05, 4.69) is 15.6 Å². The first kappa shape index (κ1) is 25.7. The lowest BCUT2D eigenvalue weighted by molar-refractivity contribution is -0.124. The number of pyridine rings is 1. The second-order valence-electron chi connectivity index (χ2n) is 7.84. The summed E-state index contributed by atoms with van der Waals surface area (Å²) in [7, 11) is -2.43. The minimum Gasteiger partial charge on any atom is -0.497 e. The molecule has 3 aromatic rings. The molecule has 3 rings (SSSR count). The third-order valence-corrected chi connectivity index (χ3v) is 7.18. The Balaban J connectivity index is 1.72. The highest BCUT2D eigenvalue weighted by Crippen LogP contribution is 2.27. The molecule has 0 radical (unpaired) electrons. The minimum absolute atomic E-state index is 0.113. The van der Waals surface area contributed by atoms with Crippen molar-refractivity contribution in [1.29, 1.82) is 0 Å². The van der Waals surface area contributed by atoms with Crippen LogP contribution in [0.2, 0.25) is 0 Å². The van der Waals surface area contributed by atoms with E-state index in [9.17, 15) is 18.0 Å². The number of nitrogens with one attached hydrogen (secondary N) is 2. The summed E-state index contributed by atoms with van der Waals surface area (Å²) >= 11 is 0. The van der Waals surface area contributed by atoms with Gasteiger partial charge in [0.2, 0.25) is 11.8 Å². The van der Waals surface area contributed by atoms with Gasteiger partial charge < -0.3 is 15.4 Å². The van der Waals surface area contributed by atoms with Gasteiger partial charge in [0, 0.05) is 19.2 Å². The lowest BCUT2D eigenvalue weighted by atomic mass is 10.1. The molecule has 0 spiro atoms. The number of ether oxygens (including phenoxy) is 1. The molecule has 0 aliphatic heterocycles. The van der Waals surface area contributed by atoms with Gasteiger partial charge in [-0.1, -0.05) is 6.07 Å². The van der Waals surface area contributed by atoms with Gasteiger partial charge in [-0.2, -0.15) is 0 Å². The van der Waals surface area contributed by atoms with E-state index in [0.29, 0.717) is 17.1 Å². The van der Waals surface area contributed by atoms with Crippen LogP contribution in [0.15, 0.2) is 71.9 Å². The number of carbonyl (C=O) groups excluding carboxylic acids is 2. The first-order valence-corrected chi connectivity index (χ1v) is 12.4. The average Bonchev–Trinajstić information content (AvgIpc) is 2.85. The first-order chi connectivity index (χ1) is 16.7. The molecule has 0 saturated carbocycles. The van der Waals surface area contributed by atoms with Crippen LogP contribution in [0, 0.1) is 13.8 Å². The Bertz CT molecular complexity index is 1280. The second-order valence-corrected chi connectivity index (χ2v) is 9.70. The molecular weight excluding hydrogens is 468 g/mol. The van der Waals surface area contributed by atoms with Crippen molar-refractivity contribution in [3.8, 4) is 5.75 Å². The van der Waals surface area contributed by atoms with Gasteiger partial charge in [-0.05, 0) is 73.5 Å². The van der Waals surface area contributed by atoms with Crippen LogP contribution in [0.5, 0.6) is 5.75 Å². The Kier molecular flexibility index (Phi) is 8.43. The lowest BCUT2D eigenvalue weighted by Crippen LogP contribution is -2.37. The van der Waals surface area contributed by atoms with Crippen LogP contribution in [0.4, 0.5) is 11.4 Å². The molecule has 9 nitrogen and oxygen atoms in total. The van der Waals surface area contributed by atoms with Crippen molar-refractivity contribution in [1.82, 2.24) is 10.3 Å². The lowest BCUT2D eigenvalue weighted by Gasteiger charge is -2.25. The van der Waals surface area contributed by atoms with Crippen molar-refractivity contribution >= 4 is 33.2 Å². The Morgan fingerprint density at radius 2 is 1.74 bits per heavy atom. The molecule has 0 fully saturated rings. The fourth-order valence-corrected chi connectivity index (χ4v) is 4.80. The van der Waals surface area contributed by atoms with E-state index in [1.54, 1.807) is 60.8 Å². The highest BCUT2D eigenvalue weighted by Gasteiger charge is 2.26. The van der Waals surface area contributed by atoms with Gasteiger partial charge in [-0.25, -0.2) is 8.42 Å². The van der Waals surface area contributed by atoms with Crippen LogP contribution in [-0.2, 0) is 19.6 Å². The normalized spacial score (nSPS) is 10.9. The quantitative estimate of drug-likeness (QED) is 0.446. The fourth-order valence-electron chi connectivity index (χ4n) is 3.25. The van der Waals surface area contributed by atoms with Crippen LogP contribution in [0.3, 0.4) is 0 Å². The van der Waals surface area contributed by atoms with E-state index in [4.69, 9.17) is 4.74 Å². The predicted octanol–water partition coefficient (Wildman–Crippen LogP) is 3.05. The monoisotopic (exact) mass is 496 g/mol. The molecule has 0 atom stereocenters. The Hall–Kier alpha value is -3.92. The molecular formula is C25H28N4O5S. The van der Waals surface area contributed by atoms with Crippen molar-refractivity contribution < 1.29 is 22.7 Å². The highest BCUT2D eigenvalue weighted by molar-refractivity contribution is 7.92. The third kappa shape index (κ3) is 6.80. The molecule has 0 aliphatic rings. The first-order valence-electron chi connectivity index (χ1n) is 10.9.